The third kappa shape index (κ3) is 3.95. The molecule has 0 atom stereocenters. The van der Waals surface area contributed by atoms with E-state index >= 15 is 0 Å². The van der Waals surface area contributed by atoms with Crippen LogP contribution in [0.25, 0.3) is 0 Å². The molecule has 0 aliphatic rings. The molecule has 2 rings (SSSR count). The fraction of sp³-hybridized carbons (Fsp3) is 0.176. The van der Waals surface area contributed by atoms with Gasteiger partial charge in [0.25, 0.3) is 0 Å². The van der Waals surface area contributed by atoms with E-state index in [-0.39, 0.29) is 0 Å². The summed E-state index contributed by atoms with van der Waals surface area (Å²) in [4.78, 5) is 23.6. The summed E-state index contributed by atoms with van der Waals surface area (Å²) in [6, 6.07) is 13.7. The number of nitrogens with one attached hydrogen (secondary N) is 1. The fourth-order valence-electron chi connectivity index (χ4n) is 2.03. The molecule has 2 aromatic carbocycles. The summed E-state index contributed by atoms with van der Waals surface area (Å²) in [5.41, 5.74) is 2.97. The highest BCUT2D eigenvalue weighted by molar-refractivity contribution is 7.99. The van der Waals surface area contributed by atoms with Crippen molar-refractivity contribution in [3.05, 3.63) is 59.2 Å². The van der Waals surface area contributed by atoms with E-state index in [9.17, 15) is 9.59 Å². The molecular formula is C17H17NO2S. The van der Waals surface area contributed by atoms with Crippen molar-refractivity contribution in [2.45, 2.75) is 29.7 Å². The molecule has 1 amide bonds. The molecule has 0 aliphatic heterocycles. The van der Waals surface area contributed by atoms with Gasteiger partial charge in [0.1, 0.15) is 0 Å². The van der Waals surface area contributed by atoms with Crippen LogP contribution in [-0.4, -0.2) is 12.7 Å². The number of hydrogen-bond acceptors (Lipinski definition) is 3. The van der Waals surface area contributed by atoms with E-state index in [4.69, 9.17) is 0 Å². The van der Waals surface area contributed by atoms with E-state index in [1.165, 1.54) is 5.56 Å². The Balaban J connectivity index is 2.33. The second-order valence-corrected chi connectivity index (χ2v) is 5.64. The van der Waals surface area contributed by atoms with E-state index in [1.807, 2.05) is 24.3 Å². The first-order valence-corrected chi connectivity index (χ1v) is 7.61. The maximum absolute atomic E-state index is 11.1. The standard InChI is InChI=1S/C17H17NO2S/c1-2-13-7-8-17(15(9-13)10-18-12-20)21-16-6-4-3-5-14(16)11-19/h3-9,11-12H,2,10H2,1H3,(H,18,20). The van der Waals surface area contributed by atoms with Gasteiger partial charge in [-0.1, -0.05) is 49.0 Å². The van der Waals surface area contributed by atoms with Gasteiger partial charge in [0.15, 0.2) is 6.29 Å². The van der Waals surface area contributed by atoms with Crippen LogP contribution >= 0.6 is 11.8 Å². The fourth-order valence-corrected chi connectivity index (χ4v) is 3.05. The van der Waals surface area contributed by atoms with Crippen LogP contribution < -0.4 is 5.32 Å². The van der Waals surface area contributed by atoms with Crippen LogP contribution in [0.1, 0.15) is 28.4 Å². The van der Waals surface area contributed by atoms with Crippen molar-refractivity contribution in [2.75, 3.05) is 0 Å². The number of amides is 1. The predicted molar refractivity (Wildman–Crippen MR) is 84.7 cm³/mol. The van der Waals surface area contributed by atoms with Gasteiger partial charge in [0.2, 0.25) is 6.41 Å². The molecule has 0 radical (unpaired) electrons. The predicted octanol–water partition coefficient (Wildman–Crippen LogP) is 3.46. The summed E-state index contributed by atoms with van der Waals surface area (Å²) >= 11 is 1.55. The summed E-state index contributed by atoms with van der Waals surface area (Å²) in [5.74, 6) is 0. The van der Waals surface area contributed by atoms with Crippen LogP contribution in [0.15, 0.2) is 52.3 Å². The summed E-state index contributed by atoms with van der Waals surface area (Å²) in [5, 5.41) is 2.71. The number of aldehydes is 1. The zero-order chi connectivity index (χ0) is 15.1. The molecule has 0 aliphatic carbocycles. The van der Waals surface area contributed by atoms with Gasteiger partial charge in [-0.2, -0.15) is 0 Å². The number of aryl methyl sites for hydroxylation is 1. The molecule has 4 heteroatoms. The molecule has 0 bridgehead atoms. The van der Waals surface area contributed by atoms with Crippen molar-refractivity contribution in [3.63, 3.8) is 0 Å². The molecule has 21 heavy (non-hydrogen) atoms. The number of benzene rings is 2. The average molecular weight is 299 g/mol. The maximum atomic E-state index is 11.1. The monoisotopic (exact) mass is 299 g/mol. The Morgan fingerprint density at radius 1 is 1.10 bits per heavy atom. The first kappa shape index (κ1) is 15.3. The smallest absolute Gasteiger partial charge is 0.207 e. The number of rotatable bonds is 7. The van der Waals surface area contributed by atoms with Crippen molar-refractivity contribution < 1.29 is 9.59 Å². The lowest BCUT2D eigenvalue weighted by Gasteiger charge is -2.11. The van der Waals surface area contributed by atoms with Gasteiger partial charge in [-0.3, -0.25) is 9.59 Å². The van der Waals surface area contributed by atoms with Crippen LogP contribution in [-0.2, 0) is 17.8 Å². The van der Waals surface area contributed by atoms with Crippen molar-refractivity contribution in [2.24, 2.45) is 0 Å². The third-order valence-electron chi connectivity index (χ3n) is 3.17. The van der Waals surface area contributed by atoms with Crippen molar-refractivity contribution in [1.82, 2.24) is 5.32 Å². The number of carbonyl (C=O) groups is 2. The van der Waals surface area contributed by atoms with Gasteiger partial charge in [0, 0.05) is 21.9 Å². The van der Waals surface area contributed by atoms with Gasteiger partial charge < -0.3 is 5.32 Å². The number of hydrogen-bond donors (Lipinski definition) is 1. The van der Waals surface area contributed by atoms with Gasteiger partial charge in [-0.15, -0.1) is 0 Å². The van der Waals surface area contributed by atoms with Crippen molar-refractivity contribution in [3.8, 4) is 0 Å². The summed E-state index contributed by atoms with van der Waals surface area (Å²) in [7, 11) is 0. The Bertz CT molecular complexity index is 640. The molecule has 0 heterocycles. The normalized spacial score (nSPS) is 10.1. The highest BCUT2D eigenvalue weighted by Gasteiger charge is 2.08. The topological polar surface area (TPSA) is 46.2 Å². The molecule has 0 saturated heterocycles. The Kier molecular flexibility index (Phi) is 5.58. The molecule has 1 N–H and O–H groups in total. The van der Waals surface area contributed by atoms with Crippen LogP contribution in [0.4, 0.5) is 0 Å². The van der Waals surface area contributed by atoms with E-state index in [1.54, 1.807) is 17.8 Å². The Morgan fingerprint density at radius 3 is 2.62 bits per heavy atom. The Morgan fingerprint density at radius 2 is 1.90 bits per heavy atom. The summed E-state index contributed by atoms with van der Waals surface area (Å²) < 4.78 is 0. The maximum Gasteiger partial charge on any atom is 0.207 e. The van der Waals surface area contributed by atoms with Crippen molar-refractivity contribution in [1.29, 1.82) is 0 Å². The zero-order valence-corrected chi connectivity index (χ0v) is 12.7. The molecule has 0 spiro atoms. The number of carbonyl (C=O) groups excluding carboxylic acids is 2. The van der Waals surface area contributed by atoms with E-state index in [0.29, 0.717) is 18.5 Å². The average Bonchev–Trinajstić information content (AvgIpc) is 2.54. The van der Waals surface area contributed by atoms with Gasteiger partial charge in [-0.25, -0.2) is 0 Å². The zero-order valence-electron chi connectivity index (χ0n) is 11.8. The minimum atomic E-state index is 0.489. The first-order chi connectivity index (χ1) is 10.3. The molecule has 0 aromatic heterocycles. The quantitative estimate of drug-likeness (QED) is 0.796. The molecule has 3 nitrogen and oxygen atoms in total. The van der Waals surface area contributed by atoms with E-state index < -0.39 is 0 Å². The molecule has 2 aromatic rings. The first-order valence-electron chi connectivity index (χ1n) is 6.79. The highest BCUT2D eigenvalue weighted by atomic mass is 32.2. The molecule has 108 valence electrons. The molecule has 0 saturated carbocycles. The van der Waals surface area contributed by atoms with Crippen LogP contribution in [0.3, 0.4) is 0 Å². The second-order valence-electron chi connectivity index (χ2n) is 4.55. The van der Waals surface area contributed by atoms with Crippen LogP contribution in [0, 0.1) is 0 Å². The highest BCUT2D eigenvalue weighted by Crippen LogP contribution is 2.33. The minimum absolute atomic E-state index is 0.489. The second kappa shape index (κ2) is 7.64. The molecule has 0 unspecified atom stereocenters. The largest absolute Gasteiger partial charge is 0.355 e. The van der Waals surface area contributed by atoms with E-state index in [2.05, 4.69) is 24.4 Å². The van der Waals surface area contributed by atoms with Gasteiger partial charge >= 0.3 is 0 Å². The van der Waals surface area contributed by atoms with Gasteiger partial charge in [-0.05, 0) is 29.7 Å². The Hall–Kier alpha value is -2.07. The lowest BCUT2D eigenvalue weighted by atomic mass is 10.1. The SMILES string of the molecule is CCc1ccc(Sc2ccccc2C=O)c(CNC=O)c1. The van der Waals surface area contributed by atoms with Crippen molar-refractivity contribution >= 4 is 24.5 Å². The molecule has 0 fully saturated rings. The summed E-state index contributed by atoms with van der Waals surface area (Å²) in [6.07, 6.45) is 2.52. The lowest BCUT2D eigenvalue weighted by Crippen LogP contribution is -2.10. The van der Waals surface area contributed by atoms with Crippen LogP contribution in [0.2, 0.25) is 0 Å². The summed E-state index contributed by atoms with van der Waals surface area (Å²) in [6.45, 7) is 2.59. The van der Waals surface area contributed by atoms with Gasteiger partial charge in [0.05, 0.1) is 0 Å². The third-order valence-corrected chi connectivity index (χ3v) is 4.38. The van der Waals surface area contributed by atoms with E-state index in [0.717, 1.165) is 28.1 Å². The molecular weight excluding hydrogens is 282 g/mol. The minimum Gasteiger partial charge on any atom is -0.355 e. The lowest BCUT2D eigenvalue weighted by molar-refractivity contribution is -0.109. The Labute approximate surface area is 128 Å². The van der Waals surface area contributed by atoms with Crippen LogP contribution in [0.5, 0.6) is 0 Å².